The summed E-state index contributed by atoms with van der Waals surface area (Å²) in [6.45, 7) is 7.46. The summed E-state index contributed by atoms with van der Waals surface area (Å²) in [6, 6.07) is -0.231. The predicted molar refractivity (Wildman–Crippen MR) is 67.9 cm³/mol. The van der Waals surface area contributed by atoms with Crippen LogP contribution in [0.2, 0.25) is 0 Å². The lowest BCUT2D eigenvalue weighted by atomic mass is 10.1. The van der Waals surface area contributed by atoms with Crippen molar-refractivity contribution >= 4 is 5.91 Å². The molecule has 0 aliphatic heterocycles. The molecule has 18 heavy (non-hydrogen) atoms. The molecule has 0 radical (unpaired) electrons. The molecule has 1 amide bonds. The molecule has 1 aromatic rings. The van der Waals surface area contributed by atoms with Crippen molar-refractivity contribution in [1.29, 1.82) is 0 Å². The Labute approximate surface area is 107 Å². The molecule has 6 heteroatoms. The van der Waals surface area contributed by atoms with Crippen molar-refractivity contribution in [2.75, 3.05) is 0 Å². The van der Waals surface area contributed by atoms with E-state index in [2.05, 4.69) is 15.6 Å². The van der Waals surface area contributed by atoms with Crippen LogP contribution in [0, 0.1) is 0 Å². The number of carbonyl (C=O) groups is 1. The molecule has 0 saturated heterocycles. The molecule has 1 aromatic heterocycles. The van der Waals surface area contributed by atoms with Gasteiger partial charge in [-0.15, -0.1) is 5.10 Å². The van der Waals surface area contributed by atoms with E-state index < -0.39 is 12.1 Å². The Hall–Kier alpha value is -1.43. The average Bonchev–Trinajstić information content (AvgIpc) is 2.84. The fourth-order valence-electron chi connectivity index (χ4n) is 1.61. The smallest absolute Gasteiger partial charge is 0.244 e. The molecule has 2 atom stereocenters. The van der Waals surface area contributed by atoms with E-state index in [9.17, 15) is 9.90 Å². The van der Waals surface area contributed by atoms with Crippen LogP contribution in [0.1, 0.15) is 58.4 Å². The second kappa shape index (κ2) is 6.49. The molecule has 2 unspecified atom stereocenters. The third-order valence-corrected chi connectivity index (χ3v) is 3.06. The van der Waals surface area contributed by atoms with Crippen LogP contribution >= 0.6 is 0 Å². The quantitative estimate of drug-likeness (QED) is 0.799. The van der Waals surface area contributed by atoms with Gasteiger partial charge >= 0.3 is 0 Å². The first kappa shape index (κ1) is 14.6. The van der Waals surface area contributed by atoms with E-state index in [1.807, 2.05) is 13.8 Å². The zero-order valence-electron chi connectivity index (χ0n) is 11.4. The SMILES string of the molecule is CCC(CC)NC(=O)C(C)n1cc(C(C)O)nn1. The van der Waals surface area contributed by atoms with Gasteiger partial charge < -0.3 is 10.4 Å². The Morgan fingerprint density at radius 1 is 1.44 bits per heavy atom. The third kappa shape index (κ3) is 3.53. The molecule has 0 aromatic carbocycles. The molecule has 0 fully saturated rings. The minimum absolute atomic E-state index is 0.0780. The summed E-state index contributed by atoms with van der Waals surface area (Å²) in [5.74, 6) is -0.0780. The number of aliphatic hydroxyl groups is 1. The highest BCUT2D eigenvalue weighted by atomic mass is 16.3. The summed E-state index contributed by atoms with van der Waals surface area (Å²) < 4.78 is 1.47. The molecule has 6 nitrogen and oxygen atoms in total. The maximum absolute atomic E-state index is 12.0. The summed E-state index contributed by atoms with van der Waals surface area (Å²) in [5, 5.41) is 20.0. The first-order chi connectivity index (χ1) is 8.49. The largest absolute Gasteiger partial charge is 0.387 e. The Balaban J connectivity index is 2.67. The van der Waals surface area contributed by atoms with Gasteiger partial charge in [0.2, 0.25) is 5.91 Å². The lowest BCUT2D eigenvalue weighted by molar-refractivity contribution is -0.124. The maximum atomic E-state index is 12.0. The normalized spacial score (nSPS) is 14.6. The van der Waals surface area contributed by atoms with Gasteiger partial charge in [-0.2, -0.15) is 0 Å². The first-order valence-corrected chi connectivity index (χ1v) is 6.39. The fourth-order valence-corrected chi connectivity index (χ4v) is 1.61. The number of hydrogen-bond acceptors (Lipinski definition) is 4. The monoisotopic (exact) mass is 254 g/mol. The highest BCUT2D eigenvalue weighted by Gasteiger charge is 2.19. The number of nitrogens with one attached hydrogen (secondary N) is 1. The fraction of sp³-hybridized carbons (Fsp3) is 0.750. The first-order valence-electron chi connectivity index (χ1n) is 6.39. The second-order valence-electron chi connectivity index (χ2n) is 4.50. The molecule has 0 aliphatic carbocycles. The van der Waals surface area contributed by atoms with Crippen molar-refractivity contribution in [2.45, 2.75) is 58.7 Å². The predicted octanol–water partition coefficient (Wildman–Crippen LogP) is 1.20. The van der Waals surface area contributed by atoms with Crippen LogP contribution in [0.5, 0.6) is 0 Å². The molecule has 0 aliphatic rings. The minimum atomic E-state index is -0.673. The van der Waals surface area contributed by atoms with Crippen molar-refractivity contribution in [3.8, 4) is 0 Å². The van der Waals surface area contributed by atoms with Crippen LogP contribution in [-0.2, 0) is 4.79 Å². The van der Waals surface area contributed by atoms with Crippen molar-refractivity contribution < 1.29 is 9.90 Å². The topological polar surface area (TPSA) is 80.0 Å². The summed E-state index contributed by atoms with van der Waals surface area (Å²) in [5.41, 5.74) is 0.470. The van der Waals surface area contributed by atoms with Gasteiger partial charge in [0.05, 0.1) is 12.3 Å². The Bertz CT molecular complexity index is 385. The van der Waals surface area contributed by atoms with Crippen molar-refractivity contribution in [3.63, 3.8) is 0 Å². The van der Waals surface area contributed by atoms with Gasteiger partial charge in [-0.05, 0) is 26.7 Å². The highest BCUT2D eigenvalue weighted by Crippen LogP contribution is 2.11. The van der Waals surface area contributed by atoms with Crippen LogP contribution in [0.25, 0.3) is 0 Å². The lowest BCUT2D eigenvalue weighted by Gasteiger charge is -2.18. The zero-order chi connectivity index (χ0) is 13.7. The second-order valence-corrected chi connectivity index (χ2v) is 4.50. The number of carbonyl (C=O) groups excluding carboxylic acids is 1. The molecule has 0 spiro atoms. The van der Waals surface area contributed by atoms with Crippen LogP contribution in [-0.4, -0.2) is 32.0 Å². The average molecular weight is 254 g/mol. The molecular weight excluding hydrogens is 232 g/mol. The van der Waals surface area contributed by atoms with E-state index in [1.165, 1.54) is 4.68 Å². The van der Waals surface area contributed by atoms with E-state index in [-0.39, 0.29) is 11.9 Å². The summed E-state index contributed by atoms with van der Waals surface area (Å²) in [7, 11) is 0. The Morgan fingerprint density at radius 2 is 2.06 bits per heavy atom. The van der Waals surface area contributed by atoms with Crippen LogP contribution < -0.4 is 5.32 Å². The zero-order valence-corrected chi connectivity index (χ0v) is 11.4. The number of rotatable bonds is 6. The number of amides is 1. The number of nitrogens with zero attached hydrogens (tertiary/aromatic N) is 3. The molecule has 2 N–H and O–H groups in total. The van der Waals surface area contributed by atoms with Gasteiger partial charge in [-0.1, -0.05) is 19.1 Å². The van der Waals surface area contributed by atoms with Gasteiger partial charge in [0, 0.05) is 6.04 Å². The summed E-state index contributed by atoms with van der Waals surface area (Å²) in [6.07, 6.45) is 2.74. The Morgan fingerprint density at radius 3 is 2.50 bits per heavy atom. The highest BCUT2D eigenvalue weighted by molar-refractivity contribution is 5.80. The molecule has 0 saturated carbocycles. The van der Waals surface area contributed by atoms with Gasteiger partial charge in [-0.25, -0.2) is 4.68 Å². The lowest BCUT2D eigenvalue weighted by Crippen LogP contribution is -2.38. The number of aliphatic hydroxyl groups excluding tert-OH is 1. The third-order valence-electron chi connectivity index (χ3n) is 3.06. The summed E-state index contributed by atoms with van der Waals surface area (Å²) in [4.78, 5) is 12.0. The van der Waals surface area contributed by atoms with Crippen molar-refractivity contribution in [1.82, 2.24) is 20.3 Å². The number of hydrogen-bond donors (Lipinski definition) is 2. The van der Waals surface area contributed by atoms with Crippen molar-refractivity contribution in [3.05, 3.63) is 11.9 Å². The van der Waals surface area contributed by atoms with Crippen LogP contribution in [0.3, 0.4) is 0 Å². The van der Waals surface area contributed by atoms with Gasteiger partial charge in [0.1, 0.15) is 11.7 Å². The van der Waals surface area contributed by atoms with E-state index in [0.717, 1.165) is 12.8 Å². The van der Waals surface area contributed by atoms with E-state index in [4.69, 9.17) is 0 Å². The minimum Gasteiger partial charge on any atom is -0.387 e. The standard InChI is InChI=1S/C12H22N4O2/c1-5-10(6-2)13-12(18)8(3)16-7-11(9(4)17)14-15-16/h7-10,17H,5-6H2,1-4H3,(H,13,18). The van der Waals surface area contributed by atoms with E-state index in [0.29, 0.717) is 5.69 Å². The van der Waals surface area contributed by atoms with Gasteiger partial charge in [-0.3, -0.25) is 4.79 Å². The molecule has 0 bridgehead atoms. The maximum Gasteiger partial charge on any atom is 0.244 e. The van der Waals surface area contributed by atoms with E-state index >= 15 is 0 Å². The van der Waals surface area contributed by atoms with Crippen LogP contribution in [0.15, 0.2) is 6.20 Å². The van der Waals surface area contributed by atoms with Gasteiger partial charge in [0.15, 0.2) is 0 Å². The molecule has 1 rings (SSSR count). The molecule has 102 valence electrons. The van der Waals surface area contributed by atoms with Crippen molar-refractivity contribution in [2.24, 2.45) is 0 Å². The Kier molecular flexibility index (Phi) is 5.27. The van der Waals surface area contributed by atoms with Gasteiger partial charge in [0.25, 0.3) is 0 Å². The number of aromatic nitrogens is 3. The summed E-state index contributed by atoms with van der Waals surface area (Å²) >= 11 is 0. The van der Waals surface area contributed by atoms with Crippen LogP contribution in [0.4, 0.5) is 0 Å². The molecular formula is C12H22N4O2. The van der Waals surface area contributed by atoms with E-state index in [1.54, 1.807) is 20.0 Å². The molecule has 1 heterocycles.